The van der Waals surface area contributed by atoms with Gasteiger partial charge in [-0.15, -0.1) is 0 Å². The van der Waals surface area contributed by atoms with Crippen molar-refractivity contribution in [1.29, 1.82) is 0 Å². The number of allylic oxidation sites excluding steroid dienone is 1. The van der Waals surface area contributed by atoms with Gasteiger partial charge in [-0.25, -0.2) is 5.01 Å². The van der Waals surface area contributed by atoms with Gasteiger partial charge in [-0.1, -0.05) is 0 Å². The minimum Gasteiger partial charge on any atom is -0.307 e. The molecule has 0 fully saturated rings. The molecule has 6 heteroatoms. The zero-order valence-electron chi connectivity index (χ0n) is 9.29. The lowest BCUT2D eigenvalue weighted by atomic mass is 10.2. The Kier molecular flexibility index (Phi) is 2.07. The summed E-state index contributed by atoms with van der Waals surface area (Å²) in [7, 11) is 0. The van der Waals surface area contributed by atoms with Gasteiger partial charge in [-0.05, 0) is 18.6 Å². The highest BCUT2D eigenvalue weighted by atomic mass is 16.1. The molecule has 0 saturated carbocycles. The monoisotopic (exact) mass is 229 g/mol. The SMILES string of the molecule is CC1=CC(n2ccc(=O)cc2)=NN2CNN=C12. The molecule has 0 amide bonds. The number of hydrazone groups is 2. The number of nitrogens with zero attached hydrogens (tertiary/aromatic N) is 4. The highest BCUT2D eigenvalue weighted by Crippen LogP contribution is 2.13. The minimum absolute atomic E-state index is 0.0107. The van der Waals surface area contributed by atoms with Crippen molar-refractivity contribution in [3.8, 4) is 0 Å². The Balaban J connectivity index is 2.02. The zero-order valence-corrected chi connectivity index (χ0v) is 9.29. The predicted octanol–water partition coefficient (Wildman–Crippen LogP) is 0.146. The predicted molar refractivity (Wildman–Crippen MR) is 64.6 cm³/mol. The van der Waals surface area contributed by atoms with Crippen molar-refractivity contribution in [1.82, 2.24) is 15.0 Å². The van der Waals surface area contributed by atoms with Gasteiger partial charge in [-0.2, -0.15) is 10.2 Å². The van der Waals surface area contributed by atoms with Gasteiger partial charge in [0.25, 0.3) is 0 Å². The van der Waals surface area contributed by atoms with Crippen LogP contribution in [0.3, 0.4) is 0 Å². The molecule has 0 bridgehead atoms. The van der Waals surface area contributed by atoms with E-state index in [1.165, 1.54) is 12.1 Å². The second kappa shape index (κ2) is 3.58. The summed E-state index contributed by atoms with van der Waals surface area (Å²) < 4.78 is 1.81. The van der Waals surface area contributed by atoms with Gasteiger partial charge in [0.1, 0.15) is 6.67 Å². The number of fused-ring (bicyclic) bond motifs is 1. The summed E-state index contributed by atoms with van der Waals surface area (Å²) in [6.45, 7) is 2.56. The van der Waals surface area contributed by atoms with E-state index in [4.69, 9.17) is 0 Å². The van der Waals surface area contributed by atoms with Crippen molar-refractivity contribution in [2.75, 3.05) is 6.67 Å². The number of amidine groups is 1. The number of aromatic nitrogens is 1. The quantitative estimate of drug-likeness (QED) is 0.688. The molecule has 6 nitrogen and oxygen atoms in total. The number of hydrogen-bond acceptors (Lipinski definition) is 5. The Morgan fingerprint density at radius 1 is 1.35 bits per heavy atom. The number of rotatable bonds is 0. The fourth-order valence-corrected chi connectivity index (χ4v) is 1.79. The lowest BCUT2D eigenvalue weighted by Crippen LogP contribution is -2.31. The molecule has 2 aliphatic rings. The molecule has 0 unspecified atom stereocenters. The van der Waals surface area contributed by atoms with Gasteiger partial charge < -0.3 is 4.57 Å². The fraction of sp³-hybridized carbons (Fsp3) is 0.182. The third-order valence-corrected chi connectivity index (χ3v) is 2.63. The van der Waals surface area contributed by atoms with Gasteiger partial charge in [-0.3, -0.25) is 10.2 Å². The summed E-state index contributed by atoms with van der Waals surface area (Å²) in [5.74, 6) is 1.61. The molecule has 17 heavy (non-hydrogen) atoms. The van der Waals surface area contributed by atoms with E-state index in [1.807, 2.05) is 13.0 Å². The largest absolute Gasteiger partial charge is 0.307 e. The third-order valence-electron chi connectivity index (χ3n) is 2.63. The Hall–Kier alpha value is -2.37. The van der Waals surface area contributed by atoms with Crippen LogP contribution in [0.4, 0.5) is 0 Å². The molecule has 0 spiro atoms. The molecule has 0 radical (unpaired) electrons. The van der Waals surface area contributed by atoms with Crippen LogP contribution in [-0.4, -0.2) is 27.9 Å². The first-order valence-corrected chi connectivity index (χ1v) is 5.28. The maximum atomic E-state index is 11.0. The third kappa shape index (κ3) is 1.63. The van der Waals surface area contributed by atoms with Crippen molar-refractivity contribution in [2.24, 2.45) is 10.2 Å². The van der Waals surface area contributed by atoms with Crippen molar-refractivity contribution < 1.29 is 0 Å². The Morgan fingerprint density at radius 3 is 2.88 bits per heavy atom. The van der Waals surface area contributed by atoms with E-state index < -0.39 is 0 Å². The highest BCUT2D eigenvalue weighted by molar-refractivity contribution is 6.09. The Labute approximate surface area is 97.6 Å². The first-order valence-electron chi connectivity index (χ1n) is 5.28. The molecule has 3 heterocycles. The van der Waals surface area contributed by atoms with Crippen LogP contribution in [0.15, 0.2) is 51.2 Å². The van der Waals surface area contributed by atoms with Crippen molar-refractivity contribution >= 4 is 11.7 Å². The van der Waals surface area contributed by atoms with Gasteiger partial charge in [0.2, 0.25) is 0 Å². The van der Waals surface area contributed by atoms with Gasteiger partial charge in [0, 0.05) is 24.5 Å². The molecule has 0 atom stereocenters. The lowest BCUT2D eigenvalue weighted by molar-refractivity contribution is 0.446. The van der Waals surface area contributed by atoms with Crippen molar-refractivity contribution in [2.45, 2.75) is 6.92 Å². The van der Waals surface area contributed by atoms with Crippen LogP contribution in [0, 0.1) is 0 Å². The molecule has 2 aliphatic heterocycles. The summed E-state index contributed by atoms with van der Waals surface area (Å²) in [4.78, 5) is 11.0. The number of pyridine rings is 1. The van der Waals surface area contributed by atoms with Gasteiger partial charge >= 0.3 is 0 Å². The Morgan fingerprint density at radius 2 is 2.12 bits per heavy atom. The van der Waals surface area contributed by atoms with Gasteiger partial charge in [0.05, 0.1) is 0 Å². The minimum atomic E-state index is -0.0107. The molecule has 0 aromatic carbocycles. The van der Waals surface area contributed by atoms with Crippen LogP contribution in [0.25, 0.3) is 0 Å². The summed E-state index contributed by atoms with van der Waals surface area (Å²) in [5.41, 5.74) is 3.91. The first-order chi connectivity index (χ1) is 8.24. The van der Waals surface area contributed by atoms with E-state index in [2.05, 4.69) is 15.6 Å². The molecule has 1 aromatic heterocycles. The van der Waals surface area contributed by atoms with Crippen LogP contribution in [0.1, 0.15) is 6.92 Å². The van der Waals surface area contributed by atoms with E-state index in [9.17, 15) is 4.79 Å². The van der Waals surface area contributed by atoms with Crippen molar-refractivity contribution in [3.63, 3.8) is 0 Å². The normalized spacial score (nSPS) is 17.9. The average molecular weight is 229 g/mol. The van der Waals surface area contributed by atoms with Gasteiger partial charge in [0.15, 0.2) is 17.1 Å². The van der Waals surface area contributed by atoms with E-state index >= 15 is 0 Å². The summed E-state index contributed by atoms with van der Waals surface area (Å²) in [6.07, 6.45) is 5.35. The van der Waals surface area contributed by atoms with E-state index in [0.717, 1.165) is 17.2 Å². The van der Waals surface area contributed by atoms with Crippen LogP contribution in [0.5, 0.6) is 0 Å². The molecule has 0 aliphatic carbocycles. The smallest absolute Gasteiger partial charge is 0.181 e. The molecule has 86 valence electrons. The second-order valence-corrected chi connectivity index (χ2v) is 3.88. The Bertz CT molecular complexity index is 590. The summed E-state index contributed by atoms with van der Waals surface area (Å²) in [6, 6.07) is 3.02. The maximum Gasteiger partial charge on any atom is 0.181 e. The summed E-state index contributed by atoms with van der Waals surface area (Å²) >= 11 is 0. The maximum absolute atomic E-state index is 11.0. The molecule has 1 N–H and O–H groups in total. The molecule has 0 saturated heterocycles. The van der Waals surface area contributed by atoms with Crippen LogP contribution in [-0.2, 0) is 0 Å². The van der Waals surface area contributed by atoms with E-state index in [-0.39, 0.29) is 5.43 Å². The van der Waals surface area contributed by atoms with E-state index in [0.29, 0.717) is 6.67 Å². The fourth-order valence-electron chi connectivity index (χ4n) is 1.79. The van der Waals surface area contributed by atoms with Crippen LogP contribution in [0.2, 0.25) is 0 Å². The van der Waals surface area contributed by atoms with Crippen LogP contribution < -0.4 is 10.9 Å². The molecular weight excluding hydrogens is 218 g/mol. The highest BCUT2D eigenvalue weighted by Gasteiger charge is 2.22. The number of hydrogen-bond donors (Lipinski definition) is 1. The zero-order chi connectivity index (χ0) is 11.8. The number of nitrogens with one attached hydrogen (secondary N) is 1. The topological polar surface area (TPSA) is 62.0 Å². The average Bonchev–Trinajstić information content (AvgIpc) is 2.78. The molecule has 1 aromatic rings. The van der Waals surface area contributed by atoms with Crippen molar-refractivity contribution in [3.05, 3.63) is 46.4 Å². The standard InChI is InChI=1S/C11H11N5O/c1-8-6-10(14-16-7-12-13-11(8)16)15-4-2-9(17)3-5-15/h2-6,12H,7H2,1H3. The molecule has 3 rings (SSSR count). The van der Waals surface area contributed by atoms with Crippen LogP contribution >= 0.6 is 0 Å². The summed E-state index contributed by atoms with van der Waals surface area (Å²) in [5, 5.41) is 10.4. The first kappa shape index (κ1) is 9.83. The second-order valence-electron chi connectivity index (χ2n) is 3.88. The lowest BCUT2D eigenvalue weighted by Gasteiger charge is -2.20. The van der Waals surface area contributed by atoms with E-state index in [1.54, 1.807) is 22.0 Å². The molecular formula is C11H11N5O.